The fourth-order valence-corrected chi connectivity index (χ4v) is 10.7. The van der Waals surface area contributed by atoms with Gasteiger partial charge in [0.05, 0.1) is 0 Å². The highest BCUT2D eigenvalue weighted by atomic mass is 16.1. The van der Waals surface area contributed by atoms with Gasteiger partial charge in [0.25, 0.3) is 0 Å². The molecule has 4 aliphatic rings. The normalized spacial score (nSPS) is 24.3. The predicted molar refractivity (Wildman–Crippen MR) is 284 cm³/mol. The SMILES string of the molecule is C.C=CC(CCC)C1(C(C)=O)CC=C(C)CC1.C=CC(CCC)C1(C(C)=O)CCC=C(C)C1.C=CC(CCC)CC(=O)C1CC=C(C)CC1.C=CC(CCC)CC(=O)C1CCC=C(C)C1. The molecule has 0 aromatic rings. The molecule has 0 amide bonds. The van der Waals surface area contributed by atoms with E-state index >= 15 is 0 Å². The van der Waals surface area contributed by atoms with E-state index in [1.54, 1.807) is 13.8 Å². The lowest BCUT2D eigenvalue weighted by Crippen LogP contribution is -2.38. The smallest absolute Gasteiger partial charge is 0.136 e. The Morgan fingerprint density at radius 2 is 1.08 bits per heavy atom. The first kappa shape index (κ1) is 61.6. The van der Waals surface area contributed by atoms with Crippen molar-refractivity contribution in [2.24, 2.45) is 46.3 Å². The highest BCUT2D eigenvalue weighted by Gasteiger charge is 2.43. The van der Waals surface area contributed by atoms with E-state index in [4.69, 9.17) is 0 Å². The van der Waals surface area contributed by atoms with Crippen LogP contribution in [0, 0.1) is 46.3 Å². The van der Waals surface area contributed by atoms with Crippen molar-refractivity contribution in [2.75, 3.05) is 0 Å². The molecule has 4 nitrogen and oxygen atoms in total. The van der Waals surface area contributed by atoms with Crippen LogP contribution < -0.4 is 0 Å². The van der Waals surface area contributed by atoms with Crippen LogP contribution >= 0.6 is 0 Å². The van der Waals surface area contributed by atoms with Crippen molar-refractivity contribution >= 4 is 23.1 Å². The van der Waals surface area contributed by atoms with Gasteiger partial charge in [-0.15, -0.1) is 26.3 Å². The minimum absolute atomic E-state index is 0. The van der Waals surface area contributed by atoms with Crippen LogP contribution in [0.25, 0.3) is 0 Å². The molecule has 65 heavy (non-hydrogen) atoms. The summed E-state index contributed by atoms with van der Waals surface area (Å²) in [5, 5.41) is 0. The van der Waals surface area contributed by atoms with Crippen molar-refractivity contribution in [3.63, 3.8) is 0 Å². The number of Topliss-reactive ketones (excluding diaryl/α,β-unsaturated/α-hetero) is 4. The van der Waals surface area contributed by atoms with Crippen molar-refractivity contribution in [3.8, 4) is 0 Å². The van der Waals surface area contributed by atoms with Crippen LogP contribution in [0.1, 0.15) is 218 Å². The number of ketones is 4. The highest BCUT2D eigenvalue weighted by molar-refractivity contribution is 5.84. The van der Waals surface area contributed by atoms with Gasteiger partial charge in [-0.25, -0.2) is 0 Å². The summed E-state index contributed by atoms with van der Waals surface area (Å²) in [7, 11) is 0. The van der Waals surface area contributed by atoms with Gasteiger partial charge in [-0.2, -0.15) is 0 Å². The maximum absolute atomic E-state index is 12.1. The highest BCUT2D eigenvalue weighted by Crippen LogP contribution is 2.46. The monoisotopic (exact) mass is 897 g/mol. The molecule has 0 aliphatic heterocycles. The number of carbonyl (C=O) groups excluding carboxylic acids is 4. The summed E-state index contributed by atoms with van der Waals surface area (Å²) in [4.78, 5) is 48.3. The van der Waals surface area contributed by atoms with Gasteiger partial charge in [0.1, 0.15) is 23.1 Å². The largest absolute Gasteiger partial charge is 0.299 e. The van der Waals surface area contributed by atoms with Gasteiger partial charge in [-0.1, -0.05) is 132 Å². The Morgan fingerprint density at radius 1 is 0.585 bits per heavy atom. The second-order valence-electron chi connectivity index (χ2n) is 20.2. The van der Waals surface area contributed by atoms with Crippen LogP contribution in [-0.4, -0.2) is 23.1 Å². The van der Waals surface area contributed by atoms with E-state index in [0.717, 1.165) is 128 Å². The lowest BCUT2D eigenvalue weighted by atomic mass is 9.62. The van der Waals surface area contributed by atoms with Crippen molar-refractivity contribution in [3.05, 3.63) is 97.2 Å². The zero-order valence-corrected chi connectivity index (χ0v) is 43.1. The summed E-state index contributed by atoms with van der Waals surface area (Å²) in [5.74, 6) is 3.62. The van der Waals surface area contributed by atoms with Gasteiger partial charge in [0.15, 0.2) is 0 Å². The number of hydrogen-bond acceptors (Lipinski definition) is 4. The molecule has 4 rings (SSSR count). The molecule has 0 fully saturated rings. The fraction of sp³-hybridized carbons (Fsp3) is 0.672. The van der Waals surface area contributed by atoms with Crippen LogP contribution in [0.2, 0.25) is 0 Å². The third kappa shape index (κ3) is 20.6. The second-order valence-corrected chi connectivity index (χ2v) is 20.2. The molecule has 0 saturated carbocycles. The fourth-order valence-electron chi connectivity index (χ4n) is 10.7. The van der Waals surface area contributed by atoms with Crippen molar-refractivity contribution in [1.29, 1.82) is 0 Å². The maximum atomic E-state index is 12.1. The molecule has 0 spiro atoms. The molecule has 8 unspecified atom stereocenters. The average Bonchev–Trinajstić information content (AvgIpc) is 3.28. The minimum atomic E-state index is -0.156. The summed E-state index contributed by atoms with van der Waals surface area (Å²) < 4.78 is 0. The maximum Gasteiger partial charge on any atom is 0.136 e. The second kappa shape index (κ2) is 33.1. The van der Waals surface area contributed by atoms with Crippen molar-refractivity contribution in [2.45, 2.75) is 218 Å². The molecule has 0 aromatic carbocycles. The van der Waals surface area contributed by atoms with E-state index in [-0.39, 0.29) is 30.1 Å². The average molecular weight is 897 g/mol. The summed E-state index contributed by atoms with van der Waals surface area (Å²) in [5.41, 5.74) is 5.31. The number of rotatable bonds is 22. The molecule has 368 valence electrons. The van der Waals surface area contributed by atoms with Crippen molar-refractivity contribution in [1.82, 2.24) is 0 Å². The lowest BCUT2D eigenvalue weighted by molar-refractivity contribution is -0.130. The van der Waals surface area contributed by atoms with E-state index in [1.807, 2.05) is 24.3 Å². The Kier molecular flexibility index (Phi) is 31.4. The first-order chi connectivity index (χ1) is 30.5. The Bertz CT molecular complexity index is 1630. The summed E-state index contributed by atoms with van der Waals surface area (Å²) in [6.07, 6.45) is 39.3. The quantitative estimate of drug-likeness (QED) is 0.102. The van der Waals surface area contributed by atoms with Gasteiger partial charge in [-0.05, 0) is 168 Å². The standard InChI is InChI=1S/4C15H24O.CH4/c1-5-8-14(6-2)15(13(4)16)10-7-9-12(3)11-15;1-5-7-14(6-2)15(13(4)16)10-8-12(3)9-11-15;1-4-7-13(5-2)11-15(16)14-9-6-8-12(3)10-14;1-4-6-13(5-2)11-15(16)14-9-7-12(3)8-10-14;/h6,9,14H,2,5,7-8,10-11H2,1,3-4H3;6,8,14H,2,5,7,9-11H2,1,3-4H3;5,8,13-14H,2,4,6-7,9-11H2,1,3H3;5,7,13-14H,2,4,6,8-11H2,1,3H3;1H4. The van der Waals surface area contributed by atoms with Crippen LogP contribution in [0.5, 0.6) is 0 Å². The molecule has 0 heterocycles. The predicted octanol–water partition coefficient (Wildman–Crippen LogP) is 17.8. The third-order valence-corrected chi connectivity index (χ3v) is 15.1. The number of allylic oxidation sites excluding steroid dienone is 12. The first-order valence-corrected chi connectivity index (χ1v) is 25.7. The Balaban J connectivity index is 0.000000836. The van der Waals surface area contributed by atoms with E-state index < -0.39 is 0 Å². The van der Waals surface area contributed by atoms with Gasteiger partial charge >= 0.3 is 0 Å². The molecule has 4 aliphatic carbocycles. The lowest BCUT2D eigenvalue weighted by Gasteiger charge is -2.40. The molecule has 0 radical (unpaired) electrons. The van der Waals surface area contributed by atoms with E-state index in [2.05, 4.69) is 106 Å². The van der Waals surface area contributed by atoms with Crippen LogP contribution in [0.4, 0.5) is 0 Å². The zero-order chi connectivity index (χ0) is 48.3. The molecule has 4 heteroatoms. The van der Waals surface area contributed by atoms with Gasteiger partial charge in [0.2, 0.25) is 0 Å². The Labute approximate surface area is 402 Å². The number of carbonyl (C=O) groups is 4. The molecular formula is C61H100O4. The molecule has 8 atom stereocenters. The van der Waals surface area contributed by atoms with E-state index in [9.17, 15) is 19.2 Å². The van der Waals surface area contributed by atoms with E-state index in [1.165, 1.54) is 22.3 Å². The van der Waals surface area contributed by atoms with Crippen molar-refractivity contribution < 1.29 is 19.2 Å². The van der Waals surface area contributed by atoms with Crippen LogP contribution in [0.3, 0.4) is 0 Å². The number of hydrogen-bond donors (Lipinski definition) is 0. The minimum Gasteiger partial charge on any atom is -0.299 e. The first-order valence-electron chi connectivity index (χ1n) is 25.7. The summed E-state index contributed by atoms with van der Waals surface area (Å²) in [6, 6.07) is 0. The van der Waals surface area contributed by atoms with Gasteiger partial charge < -0.3 is 0 Å². The van der Waals surface area contributed by atoms with Crippen LogP contribution in [-0.2, 0) is 19.2 Å². The topological polar surface area (TPSA) is 68.3 Å². The molecule has 0 N–H and O–H groups in total. The van der Waals surface area contributed by atoms with Crippen LogP contribution in [0.15, 0.2) is 97.2 Å². The third-order valence-electron chi connectivity index (χ3n) is 15.1. The molecule has 0 saturated heterocycles. The zero-order valence-electron chi connectivity index (χ0n) is 43.1. The molecule has 0 aromatic heterocycles. The molecule has 0 bridgehead atoms. The summed E-state index contributed by atoms with van der Waals surface area (Å²) >= 11 is 0. The van der Waals surface area contributed by atoms with Gasteiger partial charge in [-0.3, -0.25) is 19.2 Å². The Hall–Kier alpha value is -3.40. The van der Waals surface area contributed by atoms with E-state index in [0.29, 0.717) is 59.6 Å². The Morgan fingerprint density at radius 3 is 1.48 bits per heavy atom. The summed E-state index contributed by atoms with van der Waals surface area (Å²) in [6.45, 7) is 36.3. The molecular weight excluding hydrogens is 797 g/mol. The van der Waals surface area contributed by atoms with Gasteiger partial charge in [0, 0.05) is 35.5 Å².